The van der Waals surface area contributed by atoms with Gasteiger partial charge in [0.2, 0.25) is 5.91 Å². The van der Waals surface area contributed by atoms with E-state index in [9.17, 15) is 14.7 Å². The van der Waals surface area contributed by atoms with Crippen LogP contribution in [0.1, 0.15) is 37.3 Å². The largest absolute Gasteiger partial charge is 0.508 e. The molecule has 36 heavy (non-hydrogen) atoms. The van der Waals surface area contributed by atoms with Crippen LogP contribution in [0.5, 0.6) is 5.75 Å². The molecule has 1 aliphatic heterocycles. The summed E-state index contributed by atoms with van der Waals surface area (Å²) in [6, 6.07) is 12.3. The quantitative estimate of drug-likeness (QED) is 0.393. The van der Waals surface area contributed by atoms with Crippen molar-refractivity contribution in [2.75, 3.05) is 19.6 Å². The molecule has 0 bridgehead atoms. The van der Waals surface area contributed by atoms with Crippen LogP contribution in [0.2, 0.25) is 10.0 Å². The topological polar surface area (TPSA) is 78.9 Å². The van der Waals surface area contributed by atoms with E-state index in [4.69, 9.17) is 27.9 Å². The van der Waals surface area contributed by atoms with E-state index in [1.54, 1.807) is 30.3 Å². The number of halogens is 2. The Bertz CT molecular complexity index is 1140. The van der Waals surface area contributed by atoms with Gasteiger partial charge in [-0.1, -0.05) is 47.5 Å². The molecule has 2 fully saturated rings. The van der Waals surface area contributed by atoms with Gasteiger partial charge in [-0.3, -0.25) is 14.5 Å². The summed E-state index contributed by atoms with van der Waals surface area (Å²) in [5, 5.41) is 14.3. The molecule has 4 atom stereocenters. The van der Waals surface area contributed by atoms with Gasteiger partial charge in [0, 0.05) is 43.8 Å². The third-order valence-electron chi connectivity index (χ3n) is 7.45. The van der Waals surface area contributed by atoms with Crippen LogP contribution in [0.25, 0.3) is 0 Å². The number of hydrogen-bond acceptors (Lipinski definition) is 5. The number of aromatic hydroxyl groups is 1. The molecule has 192 valence electrons. The first kappa shape index (κ1) is 26.5. The Hall–Kier alpha value is -2.54. The number of nitrogens with zero attached hydrogens (tertiary/aromatic N) is 1. The summed E-state index contributed by atoms with van der Waals surface area (Å²) in [4.78, 5) is 27.5. The molecule has 1 heterocycles. The summed E-state index contributed by atoms with van der Waals surface area (Å²) in [7, 11) is 0. The standard InChI is InChI=1S/C28H32Cl2N2O4/c1-3-10-32-11-9-28(20-5-4-6-22(34)14-20)16-21(15-26(23(28)17-32)36-18(2)33)31-27(35)13-19-7-8-24(29)25(30)12-19/h3-8,12,14,21,23,26,34H,1,9-11,13,15-17H2,2H3,(H,31,35). The average molecular weight is 531 g/mol. The lowest BCUT2D eigenvalue weighted by Crippen LogP contribution is -2.61. The van der Waals surface area contributed by atoms with E-state index in [1.165, 1.54) is 6.92 Å². The lowest BCUT2D eigenvalue weighted by atomic mass is 9.57. The number of likely N-dealkylation sites (tertiary alicyclic amines) is 1. The number of carbonyl (C=O) groups excluding carboxylic acids is 2. The Morgan fingerprint density at radius 1 is 1.25 bits per heavy atom. The molecule has 2 aromatic rings. The highest BCUT2D eigenvalue weighted by Crippen LogP contribution is 2.50. The summed E-state index contributed by atoms with van der Waals surface area (Å²) < 4.78 is 5.89. The maximum absolute atomic E-state index is 13.0. The van der Waals surface area contributed by atoms with Crippen molar-refractivity contribution in [3.05, 3.63) is 76.3 Å². The molecule has 2 aromatic carbocycles. The van der Waals surface area contributed by atoms with Gasteiger partial charge in [-0.25, -0.2) is 0 Å². The molecule has 1 amide bonds. The number of esters is 1. The van der Waals surface area contributed by atoms with Gasteiger partial charge in [0.15, 0.2) is 0 Å². The molecular weight excluding hydrogens is 499 g/mol. The molecule has 0 aromatic heterocycles. The third kappa shape index (κ3) is 5.88. The number of phenols is 1. The molecule has 4 rings (SSSR count). The fourth-order valence-corrected chi connectivity index (χ4v) is 6.31. The second kappa shape index (κ2) is 11.2. The summed E-state index contributed by atoms with van der Waals surface area (Å²) in [5.41, 5.74) is 1.41. The number of piperidine rings is 1. The van der Waals surface area contributed by atoms with Crippen LogP contribution in [0.3, 0.4) is 0 Å². The molecule has 1 saturated carbocycles. The Morgan fingerprint density at radius 3 is 2.75 bits per heavy atom. The second-order valence-corrected chi connectivity index (χ2v) is 10.7. The summed E-state index contributed by atoms with van der Waals surface area (Å²) in [6.45, 7) is 7.64. The van der Waals surface area contributed by atoms with Crippen LogP contribution < -0.4 is 5.32 Å². The number of carbonyl (C=O) groups is 2. The minimum absolute atomic E-state index is 0.0140. The Morgan fingerprint density at radius 2 is 2.06 bits per heavy atom. The van der Waals surface area contributed by atoms with Gasteiger partial charge in [-0.15, -0.1) is 6.58 Å². The normalized spacial score (nSPS) is 26.0. The van der Waals surface area contributed by atoms with E-state index in [2.05, 4.69) is 16.8 Å². The van der Waals surface area contributed by atoms with Gasteiger partial charge in [-0.05, 0) is 54.8 Å². The van der Waals surface area contributed by atoms with E-state index >= 15 is 0 Å². The van der Waals surface area contributed by atoms with E-state index in [1.807, 2.05) is 18.2 Å². The molecule has 2 N–H and O–H groups in total. The molecular formula is C28H32Cl2N2O4. The van der Waals surface area contributed by atoms with Crippen molar-refractivity contribution in [3.8, 4) is 5.75 Å². The first-order valence-electron chi connectivity index (χ1n) is 12.2. The van der Waals surface area contributed by atoms with Gasteiger partial charge in [0.1, 0.15) is 11.9 Å². The number of nitrogens with one attached hydrogen (secondary N) is 1. The number of rotatable bonds is 7. The molecule has 0 spiro atoms. The number of phenolic OH excluding ortho intramolecular Hbond substituents is 1. The lowest BCUT2D eigenvalue weighted by molar-refractivity contribution is -0.157. The Kier molecular flexibility index (Phi) is 8.28. The molecule has 8 heteroatoms. The van der Waals surface area contributed by atoms with Crippen molar-refractivity contribution in [1.82, 2.24) is 10.2 Å². The molecule has 1 saturated heterocycles. The summed E-state index contributed by atoms with van der Waals surface area (Å²) >= 11 is 12.1. The molecule has 1 aliphatic carbocycles. The van der Waals surface area contributed by atoms with Crippen molar-refractivity contribution in [2.24, 2.45) is 5.92 Å². The van der Waals surface area contributed by atoms with Crippen LogP contribution in [0.4, 0.5) is 0 Å². The first-order valence-corrected chi connectivity index (χ1v) is 13.0. The minimum atomic E-state index is -0.374. The predicted molar refractivity (Wildman–Crippen MR) is 141 cm³/mol. The first-order chi connectivity index (χ1) is 17.2. The zero-order chi connectivity index (χ0) is 25.9. The van der Waals surface area contributed by atoms with Gasteiger partial charge in [-0.2, -0.15) is 0 Å². The number of benzene rings is 2. The van der Waals surface area contributed by atoms with E-state index in [0.29, 0.717) is 22.9 Å². The van der Waals surface area contributed by atoms with Crippen molar-refractivity contribution in [3.63, 3.8) is 0 Å². The maximum atomic E-state index is 13.0. The van der Waals surface area contributed by atoms with Crippen molar-refractivity contribution >= 4 is 35.1 Å². The average Bonchev–Trinajstić information content (AvgIpc) is 2.81. The van der Waals surface area contributed by atoms with Gasteiger partial charge in [0.25, 0.3) is 0 Å². The summed E-state index contributed by atoms with van der Waals surface area (Å²) in [5.74, 6) is -0.258. The van der Waals surface area contributed by atoms with Crippen LogP contribution in [-0.2, 0) is 26.2 Å². The smallest absolute Gasteiger partial charge is 0.302 e. The van der Waals surface area contributed by atoms with Gasteiger partial charge in [0.05, 0.1) is 16.5 Å². The predicted octanol–water partition coefficient (Wildman–Crippen LogP) is 4.90. The molecule has 6 nitrogen and oxygen atoms in total. The number of hydrogen-bond donors (Lipinski definition) is 2. The van der Waals surface area contributed by atoms with Crippen molar-refractivity contribution < 1.29 is 19.4 Å². The van der Waals surface area contributed by atoms with Crippen LogP contribution in [0, 0.1) is 5.92 Å². The van der Waals surface area contributed by atoms with E-state index < -0.39 is 0 Å². The van der Waals surface area contributed by atoms with E-state index in [-0.39, 0.29) is 47.5 Å². The van der Waals surface area contributed by atoms with Crippen LogP contribution >= 0.6 is 23.2 Å². The number of fused-ring (bicyclic) bond motifs is 1. The Balaban J connectivity index is 1.63. The maximum Gasteiger partial charge on any atom is 0.302 e. The SMILES string of the molecule is C=CCN1CCC2(c3cccc(O)c3)CC(NC(=O)Cc3ccc(Cl)c(Cl)c3)CC(OC(C)=O)C2C1. The summed E-state index contributed by atoms with van der Waals surface area (Å²) in [6.07, 6.45) is 3.71. The van der Waals surface area contributed by atoms with Gasteiger partial charge >= 0.3 is 5.97 Å². The zero-order valence-electron chi connectivity index (χ0n) is 20.4. The fourth-order valence-electron chi connectivity index (χ4n) is 5.99. The number of ether oxygens (including phenoxy) is 1. The highest BCUT2D eigenvalue weighted by molar-refractivity contribution is 6.42. The molecule has 4 unspecified atom stereocenters. The highest BCUT2D eigenvalue weighted by atomic mass is 35.5. The van der Waals surface area contributed by atoms with E-state index in [0.717, 1.165) is 37.2 Å². The van der Waals surface area contributed by atoms with Gasteiger partial charge < -0.3 is 15.2 Å². The monoisotopic (exact) mass is 530 g/mol. The van der Waals surface area contributed by atoms with Crippen LogP contribution in [-0.4, -0.2) is 53.7 Å². The minimum Gasteiger partial charge on any atom is -0.508 e. The highest BCUT2D eigenvalue weighted by Gasteiger charge is 2.53. The lowest BCUT2D eigenvalue weighted by Gasteiger charge is -2.55. The van der Waals surface area contributed by atoms with Crippen molar-refractivity contribution in [2.45, 2.75) is 50.2 Å². The Labute approximate surface area is 222 Å². The fraction of sp³-hybridized carbons (Fsp3) is 0.429. The molecule has 2 aliphatic rings. The van der Waals surface area contributed by atoms with Crippen LogP contribution in [0.15, 0.2) is 55.1 Å². The number of amides is 1. The second-order valence-electron chi connectivity index (χ2n) is 9.89. The third-order valence-corrected chi connectivity index (χ3v) is 8.19. The molecule has 0 radical (unpaired) electrons. The van der Waals surface area contributed by atoms with Crippen molar-refractivity contribution in [1.29, 1.82) is 0 Å². The zero-order valence-corrected chi connectivity index (χ0v) is 21.9.